The molecule has 0 aliphatic heterocycles. The van der Waals surface area contributed by atoms with Gasteiger partial charge in [-0.15, -0.1) is 0 Å². The van der Waals surface area contributed by atoms with Gasteiger partial charge in [0.2, 0.25) is 0 Å². The molecule has 2 heteroatoms. The summed E-state index contributed by atoms with van der Waals surface area (Å²) in [6.45, 7) is 1.58. The zero-order valence-electron chi connectivity index (χ0n) is 10.2. The molecule has 18 heavy (non-hydrogen) atoms. The van der Waals surface area contributed by atoms with E-state index in [9.17, 15) is 4.79 Å². The maximum absolute atomic E-state index is 11.0. The minimum Gasteiger partial charge on any atom is -0.287 e. The fourth-order valence-electron chi connectivity index (χ4n) is 1.57. The van der Waals surface area contributed by atoms with Crippen LogP contribution in [-0.2, 0) is 4.79 Å². The predicted molar refractivity (Wildman–Crippen MR) is 78.4 cm³/mol. The quantitative estimate of drug-likeness (QED) is 0.592. The lowest BCUT2D eigenvalue weighted by atomic mass is 10.1. The first-order valence-corrected chi connectivity index (χ1v) is 6.57. The van der Waals surface area contributed by atoms with Crippen molar-refractivity contribution in [2.24, 2.45) is 0 Å². The summed E-state index contributed by atoms with van der Waals surface area (Å²) in [6.07, 6.45) is 4.14. The summed E-state index contributed by atoms with van der Waals surface area (Å²) < 4.78 is 0. The average molecular weight is 254 g/mol. The smallest absolute Gasteiger partial charge is 0.190 e. The topological polar surface area (TPSA) is 17.1 Å². The van der Waals surface area contributed by atoms with E-state index in [0.29, 0.717) is 0 Å². The van der Waals surface area contributed by atoms with Crippen molar-refractivity contribution in [1.82, 2.24) is 0 Å². The monoisotopic (exact) mass is 254 g/mol. The normalized spacial score (nSPS) is 10.7. The van der Waals surface area contributed by atoms with Crippen molar-refractivity contribution in [3.8, 4) is 0 Å². The first-order valence-electron chi connectivity index (χ1n) is 5.76. The van der Waals surface area contributed by atoms with Crippen LogP contribution >= 0.6 is 11.8 Å². The number of hydrogen-bond acceptors (Lipinski definition) is 2. The summed E-state index contributed by atoms with van der Waals surface area (Å²) in [5.41, 5.74) is 2.31. The maximum Gasteiger partial charge on any atom is 0.190 e. The number of thioether (sulfide) groups is 1. The van der Waals surface area contributed by atoms with Gasteiger partial charge in [0.15, 0.2) is 5.12 Å². The summed E-state index contributed by atoms with van der Waals surface area (Å²) in [5, 5.41) is 0.113. The summed E-state index contributed by atoms with van der Waals surface area (Å²) >= 11 is 1.26. The molecular formula is C16H14OS. The molecular weight excluding hydrogens is 240 g/mol. The molecule has 2 aromatic carbocycles. The van der Waals surface area contributed by atoms with Crippen molar-refractivity contribution in [3.63, 3.8) is 0 Å². The largest absolute Gasteiger partial charge is 0.287 e. The van der Waals surface area contributed by atoms with E-state index in [0.717, 1.165) is 10.5 Å². The van der Waals surface area contributed by atoms with E-state index in [1.54, 1.807) is 6.92 Å². The highest BCUT2D eigenvalue weighted by molar-refractivity contribution is 8.13. The highest BCUT2D eigenvalue weighted by Crippen LogP contribution is 2.19. The van der Waals surface area contributed by atoms with E-state index in [1.165, 1.54) is 17.3 Å². The fraction of sp³-hybridized carbons (Fsp3) is 0.0625. The molecule has 1 nitrogen and oxygen atoms in total. The van der Waals surface area contributed by atoms with E-state index in [4.69, 9.17) is 0 Å². The van der Waals surface area contributed by atoms with E-state index >= 15 is 0 Å². The number of rotatable bonds is 3. The van der Waals surface area contributed by atoms with Crippen LogP contribution in [0.5, 0.6) is 0 Å². The molecule has 0 aliphatic carbocycles. The molecule has 0 saturated carbocycles. The van der Waals surface area contributed by atoms with E-state index in [2.05, 4.69) is 24.3 Å². The van der Waals surface area contributed by atoms with Crippen LogP contribution < -0.4 is 0 Å². The Kier molecular flexibility index (Phi) is 4.37. The van der Waals surface area contributed by atoms with Gasteiger partial charge in [-0.05, 0) is 23.3 Å². The summed E-state index contributed by atoms with van der Waals surface area (Å²) in [5.74, 6) is 0. The van der Waals surface area contributed by atoms with Crippen LogP contribution in [0.4, 0.5) is 0 Å². The molecule has 0 aliphatic rings. The summed E-state index contributed by atoms with van der Waals surface area (Å²) in [6, 6.07) is 18.2. The Morgan fingerprint density at radius 2 is 1.44 bits per heavy atom. The summed E-state index contributed by atoms with van der Waals surface area (Å²) in [7, 11) is 0. The Morgan fingerprint density at radius 1 is 0.889 bits per heavy atom. The van der Waals surface area contributed by atoms with Gasteiger partial charge in [0, 0.05) is 11.8 Å². The van der Waals surface area contributed by atoms with Crippen molar-refractivity contribution in [3.05, 3.63) is 65.7 Å². The predicted octanol–water partition coefficient (Wildman–Crippen LogP) is 4.50. The molecule has 2 rings (SSSR count). The second kappa shape index (κ2) is 6.22. The van der Waals surface area contributed by atoms with Crippen LogP contribution in [0.3, 0.4) is 0 Å². The van der Waals surface area contributed by atoms with Crippen LogP contribution in [-0.4, -0.2) is 5.12 Å². The van der Waals surface area contributed by atoms with Crippen LogP contribution in [0.2, 0.25) is 0 Å². The third-order valence-electron chi connectivity index (χ3n) is 2.41. The molecule has 0 saturated heterocycles. The fourth-order valence-corrected chi connectivity index (χ4v) is 2.17. The lowest BCUT2D eigenvalue weighted by Crippen LogP contribution is -1.81. The van der Waals surface area contributed by atoms with Crippen LogP contribution in [0.15, 0.2) is 59.5 Å². The van der Waals surface area contributed by atoms with Crippen LogP contribution in [0, 0.1) is 0 Å². The van der Waals surface area contributed by atoms with Crippen molar-refractivity contribution in [2.75, 3.05) is 0 Å². The van der Waals surface area contributed by atoms with E-state index in [-0.39, 0.29) is 5.12 Å². The SMILES string of the molecule is CC(=O)Sc1ccc(/C=C/c2ccccc2)cc1. The van der Waals surface area contributed by atoms with Gasteiger partial charge < -0.3 is 0 Å². The average Bonchev–Trinajstić information content (AvgIpc) is 2.38. The van der Waals surface area contributed by atoms with Crippen molar-refractivity contribution in [1.29, 1.82) is 0 Å². The van der Waals surface area contributed by atoms with Gasteiger partial charge in [-0.2, -0.15) is 0 Å². The van der Waals surface area contributed by atoms with E-state index < -0.39 is 0 Å². The van der Waals surface area contributed by atoms with Crippen molar-refractivity contribution >= 4 is 29.0 Å². The molecule has 0 heterocycles. The van der Waals surface area contributed by atoms with Gasteiger partial charge in [-0.25, -0.2) is 0 Å². The first-order chi connectivity index (χ1) is 8.74. The Bertz CT molecular complexity index is 541. The molecule has 0 amide bonds. The molecule has 0 unspecified atom stereocenters. The van der Waals surface area contributed by atoms with Gasteiger partial charge in [-0.1, -0.05) is 66.4 Å². The van der Waals surface area contributed by atoms with Gasteiger partial charge in [-0.3, -0.25) is 4.79 Å². The molecule has 0 aromatic heterocycles. The lowest BCUT2D eigenvalue weighted by molar-refractivity contribution is -0.109. The maximum atomic E-state index is 11.0. The second-order valence-electron chi connectivity index (χ2n) is 3.91. The zero-order chi connectivity index (χ0) is 12.8. The number of benzene rings is 2. The highest BCUT2D eigenvalue weighted by Gasteiger charge is 1.97. The lowest BCUT2D eigenvalue weighted by Gasteiger charge is -1.98. The number of hydrogen-bond donors (Lipinski definition) is 0. The first kappa shape index (κ1) is 12.7. The summed E-state index contributed by atoms with van der Waals surface area (Å²) in [4.78, 5) is 11.9. The second-order valence-corrected chi connectivity index (χ2v) is 5.16. The minimum absolute atomic E-state index is 0.113. The van der Waals surface area contributed by atoms with Crippen molar-refractivity contribution < 1.29 is 4.79 Å². The zero-order valence-corrected chi connectivity index (χ0v) is 11.0. The Balaban J connectivity index is 2.06. The molecule has 90 valence electrons. The molecule has 0 bridgehead atoms. The molecule has 0 spiro atoms. The van der Waals surface area contributed by atoms with Gasteiger partial charge in [0.05, 0.1) is 0 Å². The standard InChI is InChI=1S/C16H14OS/c1-13(17)18-16-11-9-15(10-12-16)8-7-14-5-3-2-4-6-14/h2-12H,1H3/b8-7+. The highest BCUT2D eigenvalue weighted by atomic mass is 32.2. The van der Waals surface area contributed by atoms with Crippen LogP contribution in [0.25, 0.3) is 12.2 Å². The van der Waals surface area contributed by atoms with Crippen molar-refractivity contribution in [2.45, 2.75) is 11.8 Å². The molecule has 0 atom stereocenters. The van der Waals surface area contributed by atoms with Gasteiger partial charge in [0.25, 0.3) is 0 Å². The molecule has 0 fully saturated rings. The third kappa shape index (κ3) is 3.90. The third-order valence-corrected chi connectivity index (χ3v) is 3.20. The van der Waals surface area contributed by atoms with Gasteiger partial charge >= 0.3 is 0 Å². The molecule has 0 N–H and O–H groups in total. The number of carbonyl (C=O) groups is 1. The van der Waals surface area contributed by atoms with E-state index in [1.807, 2.05) is 42.5 Å². The molecule has 0 radical (unpaired) electrons. The van der Waals surface area contributed by atoms with Gasteiger partial charge in [0.1, 0.15) is 0 Å². The Hall–Kier alpha value is -1.80. The minimum atomic E-state index is 0.113. The number of carbonyl (C=O) groups excluding carboxylic acids is 1. The Labute approximate surface area is 112 Å². The Morgan fingerprint density at radius 3 is 2.00 bits per heavy atom. The van der Waals surface area contributed by atoms with Crippen LogP contribution in [0.1, 0.15) is 18.1 Å². The molecule has 2 aromatic rings.